The zero-order chi connectivity index (χ0) is 13.0. The van der Waals surface area contributed by atoms with Crippen molar-refractivity contribution in [3.63, 3.8) is 0 Å². The molecule has 0 radical (unpaired) electrons. The maximum Gasteiger partial charge on any atom is 0.146 e. The molecule has 0 spiro atoms. The van der Waals surface area contributed by atoms with Crippen LogP contribution in [0.3, 0.4) is 0 Å². The molecule has 100 valence electrons. The Balaban J connectivity index is 1.74. The standard InChI is InChI=1S/C14H24N4/c1-13(2)10-5-6-14(3,7-10)12(13)15-8-11-17-16-9-18(11)4/h9-10,12,15H,5-8H2,1-4H3/t10-,12?,14+/m0/s1. The first-order valence-electron chi connectivity index (χ1n) is 7.00. The molecule has 2 aliphatic carbocycles. The summed E-state index contributed by atoms with van der Waals surface area (Å²) in [6, 6.07) is 0.598. The Kier molecular flexibility index (Phi) is 2.56. The van der Waals surface area contributed by atoms with Crippen LogP contribution in [-0.2, 0) is 13.6 Å². The van der Waals surface area contributed by atoms with Crippen molar-refractivity contribution in [1.29, 1.82) is 0 Å². The Labute approximate surface area is 109 Å². The van der Waals surface area contributed by atoms with E-state index in [0.717, 1.165) is 18.3 Å². The third-order valence-electron chi connectivity index (χ3n) is 5.54. The highest BCUT2D eigenvalue weighted by Crippen LogP contribution is 2.62. The van der Waals surface area contributed by atoms with Crippen molar-refractivity contribution in [3.8, 4) is 0 Å². The third-order valence-corrected chi connectivity index (χ3v) is 5.54. The monoisotopic (exact) mass is 248 g/mol. The van der Waals surface area contributed by atoms with Crippen LogP contribution in [0.2, 0.25) is 0 Å². The van der Waals surface area contributed by atoms with Gasteiger partial charge in [-0.25, -0.2) is 0 Å². The fourth-order valence-electron chi connectivity index (χ4n) is 4.47. The number of aromatic nitrogens is 3. The second-order valence-corrected chi connectivity index (χ2v) is 7.09. The molecule has 3 atom stereocenters. The van der Waals surface area contributed by atoms with Crippen LogP contribution in [0.25, 0.3) is 0 Å². The van der Waals surface area contributed by atoms with Crippen LogP contribution in [0, 0.1) is 16.7 Å². The van der Waals surface area contributed by atoms with Crippen LogP contribution in [0.5, 0.6) is 0 Å². The summed E-state index contributed by atoms with van der Waals surface area (Å²) in [5.74, 6) is 1.91. The van der Waals surface area contributed by atoms with Gasteiger partial charge >= 0.3 is 0 Å². The number of hydrogen-bond donors (Lipinski definition) is 1. The topological polar surface area (TPSA) is 42.7 Å². The van der Waals surface area contributed by atoms with Crippen molar-refractivity contribution in [2.75, 3.05) is 0 Å². The van der Waals surface area contributed by atoms with Crippen LogP contribution in [0.1, 0.15) is 45.9 Å². The number of nitrogens with zero attached hydrogens (tertiary/aromatic N) is 3. The minimum atomic E-state index is 0.408. The lowest BCUT2D eigenvalue weighted by molar-refractivity contribution is 0.107. The number of fused-ring (bicyclic) bond motifs is 2. The minimum absolute atomic E-state index is 0.408. The van der Waals surface area contributed by atoms with E-state index in [2.05, 4.69) is 36.3 Å². The Bertz CT molecular complexity index is 446. The first kappa shape index (κ1) is 12.2. The summed E-state index contributed by atoms with van der Waals surface area (Å²) in [6.45, 7) is 8.13. The van der Waals surface area contributed by atoms with Gasteiger partial charge in [-0.05, 0) is 36.0 Å². The van der Waals surface area contributed by atoms with E-state index in [1.807, 2.05) is 11.6 Å². The molecular formula is C14H24N4. The average molecular weight is 248 g/mol. The lowest BCUT2D eigenvalue weighted by Crippen LogP contribution is -2.50. The first-order chi connectivity index (χ1) is 8.43. The van der Waals surface area contributed by atoms with Crippen molar-refractivity contribution >= 4 is 0 Å². The SMILES string of the molecule is Cn1cnnc1CNC1C(C)(C)[C@H]2CC[C@]1(C)C2. The van der Waals surface area contributed by atoms with Crippen LogP contribution >= 0.6 is 0 Å². The third kappa shape index (κ3) is 1.62. The van der Waals surface area contributed by atoms with Crippen molar-refractivity contribution in [1.82, 2.24) is 20.1 Å². The molecule has 3 rings (SSSR count). The lowest BCUT2D eigenvalue weighted by Gasteiger charge is -2.43. The Morgan fingerprint density at radius 3 is 2.78 bits per heavy atom. The van der Waals surface area contributed by atoms with E-state index in [9.17, 15) is 0 Å². The second kappa shape index (κ2) is 3.80. The summed E-state index contributed by atoms with van der Waals surface area (Å²) in [7, 11) is 2.00. The maximum atomic E-state index is 4.16. The quantitative estimate of drug-likeness (QED) is 0.891. The highest BCUT2D eigenvalue weighted by Gasteiger charge is 2.58. The van der Waals surface area contributed by atoms with E-state index in [4.69, 9.17) is 0 Å². The second-order valence-electron chi connectivity index (χ2n) is 7.09. The molecule has 4 heteroatoms. The van der Waals surface area contributed by atoms with Gasteiger partial charge in [0, 0.05) is 13.1 Å². The molecule has 0 amide bonds. The normalized spacial score (nSPS) is 37.3. The molecule has 18 heavy (non-hydrogen) atoms. The number of nitrogens with one attached hydrogen (secondary N) is 1. The zero-order valence-corrected chi connectivity index (χ0v) is 11.9. The molecular weight excluding hydrogens is 224 g/mol. The van der Waals surface area contributed by atoms with E-state index < -0.39 is 0 Å². The fraction of sp³-hybridized carbons (Fsp3) is 0.857. The summed E-state index contributed by atoms with van der Waals surface area (Å²) >= 11 is 0. The van der Waals surface area contributed by atoms with Gasteiger partial charge in [0.25, 0.3) is 0 Å². The molecule has 2 bridgehead atoms. The largest absolute Gasteiger partial charge is 0.320 e. The zero-order valence-electron chi connectivity index (χ0n) is 11.9. The van der Waals surface area contributed by atoms with Gasteiger partial charge in [-0.1, -0.05) is 20.8 Å². The molecule has 0 aliphatic heterocycles. The Morgan fingerprint density at radius 2 is 2.22 bits per heavy atom. The molecule has 1 aromatic rings. The van der Waals surface area contributed by atoms with Crippen molar-refractivity contribution in [2.24, 2.45) is 23.8 Å². The average Bonchev–Trinajstić information content (AvgIpc) is 2.90. The van der Waals surface area contributed by atoms with Crippen LogP contribution in [-0.4, -0.2) is 20.8 Å². The summed E-state index contributed by atoms with van der Waals surface area (Å²) in [5.41, 5.74) is 0.887. The van der Waals surface area contributed by atoms with Crippen LogP contribution in [0.15, 0.2) is 6.33 Å². The van der Waals surface area contributed by atoms with Gasteiger partial charge in [-0.2, -0.15) is 0 Å². The predicted molar refractivity (Wildman–Crippen MR) is 70.9 cm³/mol. The van der Waals surface area contributed by atoms with Gasteiger partial charge in [0.1, 0.15) is 12.2 Å². The van der Waals surface area contributed by atoms with E-state index >= 15 is 0 Å². The van der Waals surface area contributed by atoms with Gasteiger partial charge in [0.05, 0.1) is 6.54 Å². The molecule has 0 aromatic carbocycles. The smallest absolute Gasteiger partial charge is 0.146 e. The molecule has 0 saturated heterocycles. The molecule has 4 nitrogen and oxygen atoms in total. The van der Waals surface area contributed by atoms with E-state index in [1.165, 1.54) is 19.3 Å². The Hall–Kier alpha value is -0.900. The van der Waals surface area contributed by atoms with Crippen LogP contribution in [0.4, 0.5) is 0 Å². The molecule has 1 heterocycles. The van der Waals surface area contributed by atoms with Gasteiger partial charge in [-0.15, -0.1) is 10.2 Å². The molecule has 1 unspecified atom stereocenters. The van der Waals surface area contributed by atoms with Gasteiger partial charge in [-0.3, -0.25) is 0 Å². The summed E-state index contributed by atoms with van der Waals surface area (Å²) in [6.07, 6.45) is 5.93. The summed E-state index contributed by atoms with van der Waals surface area (Å²) < 4.78 is 2.00. The minimum Gasteiger partial charge on any atom is -0.320 e. The van der Waals surface area contributed by atoms with Gasteiger partial charge in [0.15, 0.2) is 0 Å². The van der Waals surface area contributed by atoms with Crippen molar-refractivity contribution in [2.45, 2.75) is 52.6 Å². The molecule has 1 aromatic heterocycles. The van der Waals surface area contributed by atoms with Crippen LogP contribution < -0.4 is 5.32 Å². The summed E-state index contributed by atoms with van der Waals surface area (Å²) in [5, 5.41) is 11.9. The number of aryl methyl sites for hydroxylation is 1. The lowest BCUT2D eigenvalue weighted by atomic mass is 9.68. The fourth-order valence-corrected chi connectivity index (χ4v) is 4.47. The van der Waals surface area contributed by atoms with E-state index in [1.54, 1.807) is 6.33 Å². The Morgan fingerprint density at radius 1 is 1.44 bits per heavy atom. The van der Waals surface area contributed by atoms with E-state index in [0.29, 0.717) is 16.9 Å². The number of rotatable bonds is 3. The van der Waals surface area contributed by atoms with Crippen molar-refractivity contribution in [3.05, 3.63) is 12.2 Å². The van der Waals surface area contributed by atoms with Crippen molar-refractivity contribution < 1.29 is 0 Å². The highest BCUT2D eigenvalue weighted by molar-refractivity contribution is 5.12. The molecule has 2 aliphatic rings. The molecule has 2 fully saturated rings. The molecule has 2 saturated carbocycles. The van der Waals surface area contributed by atoms with Gasteiger partial charge < -0.3 is 9.88 Å². The summed E-state index contributed by atoms with van der Waals surface area (Å²) in [4.78, 5) is 0. The number of hydrogen-bond acceptors (Lipinski definition) is 3. The maximum absolute atomic E-state index is 4.16. The van der Waals surface area contributed by atoms with E-state index in [-0.39, 0.29) is 0 Å². The highest BCUT2D eigenvalue weighted by atomic mass is 15.3. The predicted octanol–water partition coefficient (Wildman–Crippen LogP) is 2.12. The first-order valence-corrected chi connectivity index (χ1v) is 7.00. The molecule has 1 N–H and O–H groups in total. The van der Waals surface area contributed by atoms with Gasteiger partial charge in [0.2, 0.25) is 0 Å².